The minimum atomic E-state index is -0.395. The number of primary amides is 1. The Hall–Kier alpha value is -1.58. The van der Waals surface area contributed by atoms with E-state index in [1.165, 1.54) is 34.9 Å². The standard InChI is InChI=1S/C14H16N4O2S3/c1-9(12(20)16-7-10-5-3-2-4-6-10)22-14-18-17-13(23-14)21-8-11(15)19/h2-6,9H,7-8H2,1H3,(H2,15,19)(H,16,20). The van der Waals surface area contributed by atoms with Gasteiger partial charge in [0.1, 0.15) is 0 Å². The number of carbonyl (C=O) groups excluding carboxylic acids is 2. The molecule has 0 aliphatic carbocycles. The Kier molecular flexibility index (Phi) is 6.87. The first-order valence-electron chi connectivity index (χ1n) is 6.77. The maximum Gasteiger partial charge on any atom is 0.233 e. The van der Waals surface area contributed by atoms with Crippen molar-refractivity contribution in [2.45, 2.75) is 27.4 Å². The minimum Gasteiger partial charge on any atom is -0.369 e. The number of rotatable bonds is 8. The Bertz CT molecular complexity index is 663. The van der Waals surface area contributed by atoms with Crippen molar-refractivity contribution in [1.82, 2.24) is 15.5 Å². The van der Waals surface area contributed by atoms with Crippen LogP contribution < -0.4 is 11.1 Å². The van der Waals surface area contributed by atoms with Gasteiger partial charge in [0, 0.05) is 6.54 Å². The topological polar surface area (TPSA) is 98.0 Å². The lowest BCUT2D eigenvalue weighted by Gasteiger charge is -2.10. The normalized spacial score (nSPS) is 11.9. The molecule has 2 aromatic rings. The Morgan fingerprint density at radius 1 is 1.26 bits per heavy atom. The van der Waals surface area contributed by atoms with E-state index in [1.54, 1.807) is 0 Å². The molecule has 0 aliphatic heterocycles. The van der Waals surface area contributed by atoms with Crippen molar-refractivity contribution < 1.29 is 9.59 Å². The van der Waals surface area contributed by atoms with Crippen molar-refractivity contribution >= 4 is 46.7 Å². The summed E-state index contributed by atoms with van der Waals surface area (Å²) in [5, 5.41) is 10.6. The molecule has 0 fully saturated rings. The molecule has 0 aliphatic rings. The van der Waals surface area contributed by atoms with E-state index < -0.39 is 5.91 Å². The molecule has 1 atom stereocenters. The monoisotopic (exact) mass is 368 g/mol. The summed E-state index contributed by atoms with van der Waals surface area (Å²) in [6.45, 7) is 2.32. The van der Waals surface area contributed by atoms with Crippen LogP contribution in [0.4, 0.5) is 0 Å². The van der Waals surface area contributed by atoms with Gasteiger partial charge in [0.05, 0.1) is 11.0 Å². The molecule has 0 saturated carbocycles. The third kappa shape index (κ3) is 6.20. The van der Waals surface area contributed by atoms with E-state index in [2.05, 4.69) is 15.5 Å². The van der Waals surface area contributed by atoms with Crippen LogP contribution in [0.1, 0.15) is 12.5 Å². The Morgan fingerprint density at radius 3 is 2.65 bits per heavy atom. The lowest BCUT2D eigenvalue weighted by Crippen LogP contribution is -2.30. The van der Waals surface area contributed by atoms with Gasteiger partial charge in [-0.3, -0.25) is 9.59 Å². The molecule has 3 N–H and O–H groups in total. The summed E-state index contributed by atoms with van der Waals surface area (Å²) in [4.78, 5) is 22.8. The Balaban J connectivity index is 1.80. The molecule has 1 heterocycles. The van der Waals surface area contributed by atoms with E-state index in [4.69, 9.17) is 5.73 Å². The van der Waals surface area contributed by atoms with Gasteiger partial charge in [-0.05, 0) is 12.5 Å². The maximum atomic E-state index is 12.1. The molecule has 1 unspecified atom stereocenters. The first-order chi connectivity index (χ1) is 11.0. The Labute approximate surface area is 146 Å². The van der Waals surface area contributed by atoms with Gasteiger partial charge in [-0.25, -0.2) is 0 Å². The second-order valence-electron chi connectivity index (χ2n) is 4.55. The molecule has 0 bridgehead atoms. The molecule has 122 valence electrons. The smallest absolute Gasteiger partial charge is 0.233 e. The molecule has 1 aromatic carbocycles. The lowest BCUT2D eigenvalue weighted by atomic mass is 10.2. The Morgan fingerprint density at radius 2 is 1.96 bits per heavy atom. The number of hydrogen-bond acceptors (Lipinski definition) is 7. The molecule has 0 spiro atoms. The highest BCUT2D eigenvalue weighted by Crippen LogP contribution is 2.31. The third-order valence-electron chi connectivity index (χ3n) is 2.68. The van der Waals surface area contributed by atoms with Gasteiger partial charge in [-0.2, -0.15) is 0 Å². The van der Waals surface area contributed by atoms with Crippen molar-refractivity contribution in [1.29, 1.82) is 0 Å². The summed E-state index contributed by atoms with van der Waals surface area (Å²) < 4.78 is 1.36. The predicted octanol–water partition coefficient (Wildman–Crippen LogP) is 1.91. The van der Waals surface area contributed by atoms with Crippen molar-refractivity contribution in [3.05, 3.63) is 35.9 Å². The van der Waals surface area contributed by atoms with Crippen molar-refractivity contribution in [2.75, 3.05) is 5.75 Å². The van der Waals surface area contributed by atoms with Crippen molar-refractivity contribution in [2.24, 2.45) is 5.73 Å². The first-order valence-corrected chi connectivity index (χ1v) is 9.45. The van der Waals surface area contributed by atoms with Gasteiger partial charge in [-0.1, -0.05) is 65.2 Å². The molecule has 1 aromatic heterocycles. The van der Waals surface area contributed by atoms with Crippen LogP contribution in [-0.2, 0) is 16.1 Å². The molecular weight excluding hydrogens is 352 g/mol. The number of amides is 2. The zero-order valence-corrected chi connectivity index (χ0v) is 14.8. The van der Waals surface area contributed by atoms with Gasteiger partial charge in [0.25, 0.3) is 0 Å². The van der Waals surface area contributed by atoms with E-state index in [1.807, 2.05) is 37.3 Å². The number of nitrogens with zero attached hydrogens (tertiary/aromatic N) is 2. The van der Waals surface area contributed by atoms with Crippen LogP contribution in [0.15, 0.2) is 39.0 Å². The molecule has 6 nitrogen and oxygen atoms in total. The van der Waals surface area contributed by atoms with Crippen LogP contribution in [0.3, 0.4) is 0 Å². The van der Waals surface area contributed by atoms with Crippen LogP contribution in [0, 0.1) is 0 Å². The van der Waals surface area contributed by atoms with Crippen molar-refractivity contribution in [3.63, 3.8) is 0 Å². The molecule has 2 amide bonds. The second-order valence-corrected chi connectivity index (χ2v) is 8.34. The highest BCUT2D eigenvalue weighted by molar-refractivity contribution is 8.04. The fourth-order valence-corrected chi connectivity index (χ4v) is 4.50. The maximum absolute atomic E-state index is 12.1. The molecule has 0 saturated heterocycles. The predicted molar refractivity (Wildman–Crippen MR) is 93.4 cm³/mol. The molecule has 9 heteroatoms. The van der Waals surface area contributed by atoms with Crippen LogP contribution in [0.25, 0.3) is 0 Å². The van der Waals surface area contributed by atoms with Gasteiger partial charge >= 0.3 is 0 Å². The van der Waals surface area contributed by atoms with E-state index in [9.17, 15) is 9.59 Å². The minimum absolute atomic E-state index is 0.0552. The van der Waals surface area contributed by atoms with Crippen LogP contribution in [-0.4, -0.2) is 33.0 Å². The fraction of sp³-hybridized carbons (Fsp3) is 0.286. The SMILES string of the molecule is CC(Sc1nnc(SCC(N)=O)s1)C(=O)NCc1ccccc1. The van der Waals surface area contributed by atoms with Gasteiger partial charge < -0.3 is 11.1 Å². The quantitative estimate of drug-likeness (QED) is 0.691. The highest BCUT2D eigenvalue weighted by Gasteiger charge is 2.17. The summed E-state index contributed by atoms with van der Waals surface area (Å²) in [7, 11) is 0. The lowest BCUT2D eigenvalue weighted by molar-refractivity contribution is -0.120. The number of nitrogens with one attached hydrogen (secondary N) is 1. The number of nitrogens with two attached hydrogens (primary N) is 1. The summed E-state index contributed by atoms with van der Waals surface area (Å²) in [6, 6.07) is 9.74. The average Bonchev–Trinajstić information content (AvgIpc) is 2.99. The van der Waals surface area contributed by atoms with Crippen LogP contribution in [0.5, 0.6) is 0 Å². The van der Waals surface area contributed by atoms with E-state index in [0.717, 1.165) is 5.56 Å². The summed E-state index contributed by atoms with van der Waals surface area (Å²) in [5.74, 6) is -0.277. The molecule has 23 heavy (non-hydrogen) atoms. The second kappa shape index (κ2) is 8.90. The van der Waals surface area contributed by atoms with Gasteiger partial charge in [0.2, 0.25) is 11.8 Å². The first kappa shape index (κ1) is 17.8. The van der Waals surface area contributed by atoms with E-state index >= 15 is 0 Å². The zero-order valence-electron chi connectivity index (χ0n) is 12.4. The number of benzene rings is 1. The summed E-state index contributed by atoms with van der Waals surface area (Å²) in [5.41, 5.74) is 6.14. The number of aromatic nitrogens is 2. The third-order valence-corrected chi connectivity index (χ3v) is 5.95. The summed E-state index contributed by atoms with van der Waals surface area (Å²) >= 11 is 3.95. The molecular formula is C14H16N4O2S3. The molecule has 0 radical (unpaired) electrons. The number of carbonyl (C=O) groups is 2. The number of hydrogen-bond donors (Lipinski definition) is 2. The largest absolute Gasteiger partial charge is 0.369 e. The average molecular weight is 369 g/mol. The van der Waals surface area contributed by atoms with Crippen molar-refractivity contribution in [3.8, 4) is 0 Å². The zero-order chi connectivity index (χ0) is 16.7. The number of thioether (sulfide) groups is 2. The van der Waals surface area contributed by atoms with Gasteiger partial charge in [0.15, 0.2) is 8.68 Å². The summed E-state index contributed by atoms with van der Waals surface area (Å²) in [6.07, 6.45) is 0. The highest BCUT2D eigenvalue weighted by atomic mass is 32.2. The van der Waals surface area contributed by atoms with Crippen LogP contribution >= 0.6 is 34.9 Å². The molecule has 2 rings (SSSR count). The van der Waals surface area contributed by atoms with E-state index in [0.29, 0.717) is 15.2 Å². The van der Waals surface area contributed by atoms with Crippen LogP contribution in [0.2, 0.25) is 0 Å². The fourth-order valence-electron chi connectivity index (χ4n) is 1.57. The van der Waals surface area contributed by atoms with E-state index in [-0.39, 0.29) is 16.9 Å². The van der Waals surface area contributed by atoms with Gasteiger partial charge in [-0.15, -0.1) is 10.2 Å².